The molecule has 2 aromatic rings. The Morgan fingerprint density at radius 3 is 2.40 bits per heavy atom. The zero-order chi connectivity index (χ0) is 14.5. The van der Waals surface area contributed by atoms with Gasteiger partial charge in [0.2, 0.25) is 0 Å². The van der Waals surface area contributed by atoms with Crippen LogP contribution in [0.5, 0.6) is 0 Å². The molecule has 2 rings (SSSR count). The standard InChI is InChI=1S/C16H21N3O/c1-19(2)14-6-3-12(4-7-14)15-11-13(18-9-10-20)5-8-16(15)17/h3-8,11,18,20H,9-10,17H2,1-2H3. The first-order valence-corrected chi connectivity index (χ1v) is 6.64. The van der Waals surface area contributed by atoms with Gasteiger partial charge >= 0.3 is 0 Å². The number of nitrogens with one attached hydrogen (secondary N) is 1. The van der Waals surface area contributed by atoms with E-state index in [9.17, 15) is 0 Å². The summed E-state index contributed by atoms with van der Waals surface area (Å²) in [6.45, 7) is 0.639. The summed E-state index contributed by atoms with van der Waals surface area (Å²) in [5.41, 5.74) is 11.0. The molecule has 0 radical (unpaired) electrons. The lowest BCUT2D eigenvalue weighted by molar-refractivity contribution is 0.311. The molecule has 4 heteroatoms. The topological polar surface area (TPSA) is 61.5 Å². The van der Waals surface area contributed by atoms with Crippen molar-refractivity contribution in [3.8, 4) is 11.1 Å². The van der Waals surface area contributed by atoms with E-state index in [0.29, 0.717) is 6.54 Å². The van der Waals surface area contributed by atoms with Crippen LogP contribution in [-0.4, -0.2) is 32.4 Å². The van der Waals surface area contributed by atoms with Crippen molar-refractivity contribution in [2.24, 2.45) is 0 Å². The van der Waals surface area contributed by atoms with Gasteiger partial charge in [-0.25, -0.2) is 0 Å². The second kappa shape index (κ2) is 6.30. The minimum atomic E-state index is 0.108. The smallest absolute Gasteiger partial charge is 0.0604 e. The van der Waals surface area contributed by atoms with Gasteiger partial charge < -0.3 is 21.1 Å². The van der Waals surface area contributed by atoms with E-state index >= 15 is 0 Å². The number of benzene rings is 2. The van der Waals surface area contributed by atoms with Crippen molar-refractivity contribution in [1.82, 2.24) is 0 Å². The first-order chi connectivity index (χ1) is 9.61. The molecule has 0 atom stereocenters. The Labute approximate surface area is 119 Å². The summed E-state index contributed by atoms with van der Waals surface area (Å²) in [4.78, 5) is 2.06. The van der Waals surface area contributed by atoms with E-state index in [4.69, 9.17) is 10.8 Å². The lowest BCUT2D eigenvalue weighted by atomic mass is 10.0. The Bertz CT molecular complexity index is 564. The van der Waals surface area contributed by atoms with Crippen molar-refractivity contribution in [3.05, 3.63) is 42.5 Å². The van der Waals surface area contributed by atoms with Crippen LogP contribution in [0.1, 0.15) is 0 Å². The molecule has 0 aromatic heterocycles. The van der Waals surface area contributed by atoms with E-state index < -0.39 is 0 Å². The molecule has 0 saturated heterocycles. The Balaban J connectivity index is 2.30. The first-order valence-electron chi connectivity index (χ1n) is 6.64. The molecule has 106 valence electrons. The third-order valence-electron chi connectivity index (χ3n) is 3.19. The largest absolute Gasteiger partial charge is 0.398 e. The number of anilines is 3. The van der Waals surface area contributed by atoms with Gasteiger partial charge in [-0.05, 0) is 35.9 Å². The van der Waals surface area contributed by atoms with Crippen LogP contribution in [0.15, 0.2) is 42.5 Å². The van der Waals surface area contributed by atoms with Crippen molar-refractivity contribution in [3.63, 3.8) is 0 Å². The van der Waals surface area contributed by atoms with Crippen LogP contribution in [0, 0.1) is 0 Å². The minimum absolute atomic E-state index is 0.108. The quantitative estimate of drug-likeness (QED) is 0.731. The highest BCUT2D eigenvalue weighted by Gasteiger charge is 2.05. The van der Waals surface area contributed by atoms with Crippen molar-refractivity contribution >= 4 is 17.1 Å². The highest BCUT2D eigenvalue weighted by Crippen LogP contribution is 2.30. The number of aliphatic hydroxyl groups is 1. The van der Waals surface area contributed by atoms with Gasteiger partial charge in [0.05, 0.1) is 6.61 Å². The van der Waals surface area contributed by atoms with Gasteiger partial charge in [0, 0.05) is 43.3 Å². The van der Waals surface area contributed by atoms with Crippen molar-refractivity contribution in [2.45, 2.75) is 0 Å². The van der Waals surface area contributed by atoms with E-state index in [0.717, 1.165) is 28.2 Å². The van der Waals surface area contributed by atoms with Gasteiger partial charge in [0.1, 0.15) is 0 Å². The van der Waals surface area contributed by atoms with E-state index in [-0.39, 0.29) is 6.61 Å². The molecule has 0 saturated carbocycles. The molecule has 0 unspecified atom stereocenters. The minimum Gasteiger partial charge on any atom is -0.398 e. The van der Waals surface area contributed by atoms with Crippen LogP contribution >= 0.6 is 0 Å². The molecular weight excluding hydrogens is 250 g/mol. The normalized spacial score (nSPS) is 10.3. The molecule has 4 N–H and O–H groups in total. The molecule has 2 aromatic carbocycles. The summed E-state index contributed by atoms with van der Waals surface area (Å²) in [6, 6.07) is 14.1. The maximum absolute atomic E-state index is 8.86. The van der Waals surface area contributed by atoms with E-state index in [1.54, 1.807) is 0 Å². The first kappa shape index (κ1) is 14.2. The van der Waals surface area contributed by atoms with Gasteiger partial charge in [-0.3, -0.25) is 0 Å². The van der Waals surface area contributed by atoms with Crippen molar-refractivity contribution < 1.29 is 5.11 Å². The van der Waals surface area contributed by atoms with Crippen LogP contribution in [0.3, 0.4) is 0 Å². The van der Waals surface area contributed by atoms with Crippen LogP contribution < -0.4 is 16.0 Å². The Morgan fingerprint density at radius 2 is 1.80 bits per heavy atom. The molecule has 0 aliphatic rings. The molecular formula is C16H21N3O. The highest BCUT2D eigenvalue weighted by atomic mass is 16.3. The van der Waals surface area contributed by atoms with E-state index in [1.165, 1.54) is 0 Å². The SMILES string of the molecule is CN(C)c1ccc(-c2cc(NCCO)ccc2N)cc1. The van der Waals surface area contributed by atoms with Crippen LogP contribution in [0.2, 0.25) is 0 Å². The summed E-state index contributed by atoms with van der Waals surface area (Å²) >= 11 is 0. The second-order valence-corrected chi connectivity index (χ2v) is 4.89. The van der Waals surface area contributed by atoms with E-state index in [1.807, 2.05) is 32.3 Å². The fraction of sp³-hybridized carbons (Fsp3) is 0.250. The zero-order valence-corrected chi connectivity index (χ0v) is 11.9. The molecule has 0 amide bonds. The molecule has 4 nitrogen and oxygen atoms in total. The average molecular weight is 271 g/mol. The zero-order valence-electron chi connectivity index (χ0n) is 11.9. The lowest BCUT2D eigenvalue weighted by Crippen LogP contribution is -2.08. The third kappa shape index (κ3) is 3.22. The van der Waals surface area contributed by atoms with E-state index in [2.05, 4.69) is 34.5 Å². The summed E-state index contributed by atoms with van der Waals surface area (Å²) in [5.74, 6) is 0. The summed E-state index contributed by atoms with van der Waals surface area (Å²) < 4.78 is 0. The molecule has 0 heterocycles. The van der Waals surface area contributed by atoms with Crippen LogP contribution in [0.4, 0.5) is 17.1 Å². The van der Waals surface area contributed by atoms with Gasteiger partial charge in [-0.15, -0.1) is 0 Å². The number of nitrogens with zero attached hydrogens (tertiary/aromatic N) is 1. The van der Waals surface area contributed by atoms with Crippen LogP contribution in [0.25, 0.3) is 11.1 Å². The number of hydrogen-bond acceptors (Lipinski definition) is 4. The number of nitrogens with two attached hydrogens (primary N) is 1. The molecule has 0 bridgehead atoms. The van der Waals surface area contributed by atoms with Crippen molar-refractivity contribution in [2.75, 3.05) is 43.2 Å². The maximum atomic E-state index is 8.86. The number of hydrogen-bond donors (Lipinski definition) is 3. The Kier molecular flexibility index (Phi) is 4.48. The Hall–Kier alpha value is -2.20. The summed E-state index contributed by atoms with van der Waals surface area (Å²) in [5, 5.41) is 12.0. The van der Waals surface area contributed by atoms with Gasteiger partial charge in [-0.2, -0.15) is 0 Å². The second-order valence-electron chi connectivity index (χ2n) is 4.89. The van der Waals surface area contributed by atoms with Gasteiger partial charge in [0.25, 0.3) is 0 Å². The predicted molar refractivity (Wildman–Crippen MR) is 86.2 cm³/mol. The number of rotatable bonds is 5. The maximum Gasteiger partial charge on any atom is 0.0604 e. The molecule has 0 spiro atoms. The Morgan fingerprint density at radius 1 is 1.10 bits per heavy atom. The van der Waals surface area contributed by atoms with Crippen LogP contribution in [-0.2, 0) is 0 Å². The van der Waals surface area contributed by atoms with Gasteiger partial charge in [-0.1, -0.05) is 12.1 Å². The molecule has 0 fully saturated rings. The lowest BCUT2D eigenvalue weighted by Gasteiger charge is -2.14. The summed E-state index contributed by atoms with van der Waals surface area (Å²) in [7, 11) is 4.03. The highest BCUT2D eigenvalue weighted by molar-refractivity contribution is 5.80. The third-order valence-corrected chi connectivity index (χ3v) is 3.19. The predicted octanol–water partition coefficient (Wildman–Crippen LogP) is 2.41. The average Bonchev–Trinajstić information content (AvgIpc) is 2.46. The van der Waals surface area contributed by atoms with Crippen molar-refractivity contribution in [1.29, 1.82) is 0 Å². The fourth-order valence-corrected chi connectivity index (χ4v) is 2.06. The number of aliphatic hydroxyl groups excluding tert-OH is 1. The molecule has 0 aliphatic carbocycles. The van der Waals surface area contributed by atoms with Gasteiger partial charge in [0.15, 0.2) is 0 Å². The molecule has 0 aliphatic heterocycles. The monoisotopic (exact) mass is 271 g/mol. The molecule has 20 heavy (non-hydrogen) atoms. The fourth-order valence-electron chi connectivity index (χ4n) is 2.06. The summed E-state index contributed by atoms with van der Waals surface area (Å²) in [6.07, 6.45) is 0. The number of nitrogen functional groups attached to an aromatic ring is 1.